The first-order chi connectivity index (χ1) is 8.51. The van der Waals surface area contributed by atoms with Gasteiger partial charge in [-0.1, -0.05) is 0 Å². The number of hydrogen-bond acceptors (Lipinski definition) is 3. The molecule has 1 aromatic rings. The van der Waals surface area contributed by atoms with Gasteiger partial charge in [0.2, 0.25) is 0 Å². The van der Waals surface area contributed by atoms with Crippen molar-refractivity contribution in [2.75, 3.05) is 18.5 Å². The van der Waals surface area contributed by atoms with Gasteiger partial charge in [0.05, 0.1) is 6.61 Å². The van der Waals surface area contributed by atoms with Crippen molar-refractivity contribution in [3.63, 3.8) is 0 Å². The second-order valence-electron chi connectivity index (χ2n) is 3.27. The molecule has 0 bridgehead atoms. The van der Waals surface area contributed by atoms with Crippen molar-refractivity contribution in [2.24, 2.45) is 0 Å². The van der Waals surface area contributed by atoms with Crippen LogP contribution in [-0.2, 0) is 9.53 Å². The summed E-state index contributed by atoms with van der Waals surface area (Å²) in [6.07, 6.45) is 0. The molecule has 0 aliphatic carbocycles. The van der Waals surface area contributed by atoms with E-state index in [0.29, 0.717) is 6.07 Å². The summed E-state index contributed by atoms with van der Waals surface area (Å²) < 4.78 is 30.2. The van der Waals surface area contributed by atoms with Crippen LogP contribution in [0, 0.1) is 11.6 Å². The molecule has 18 heavy (non-hydrogen) atoms. The summed E-state index contributed by atoms with van der Waals surface area (Å²) in [4.78, 5) is 22.2. The number of hydrogen-bond donors (Lipinski definition) is 2. The van der Waals surface area contributed by atoms with Crippen molar-refractivity contribution in [2.45, 2.75) is 6.92 Å². The molecule has 2 amide bonds. The van der Waals surface area contributed by atoms with Gasteiger partial charge in [-0.15, -0.1) is 0 Å². The summed E-state index contributed by atoms with van der Waals surface area (Å²) in [5, 5.41) is 4.37. The van der Waals surface area contributed by atoms with Crippen LogP contribution in [0.4, 0.5) is 19.3 Å². The summed E-state index contributed by atoms with van der Waals surface area (Å²) in [6.45, 7) is 1.52. The minimum Gasteiger partial charge on any atom is -0.465 e. The van der Waals surface area contributed by atoms with Crippen LogP contribution in [0.3, 0.4) is 0 Å². The average molecular weight is 258 g/mol. The average Bonchev–Trinajstić information content (AvgIpc) is 2.25. The van der Waals surface area contributed by atoms with E-state index in [2.05, 4.69) is 15.4 Å². The molecule has 1 aromatic carbocycles. The molecule has 0 fully saturated rings. The minimum atomic E-state index is -0.810. The lowest BCUT2D eigenvalue weighted by Crippen LogP contribution is -2.34. The molecule has 0 heterocycles. The van der Waals surface area contributed by atoms with Gasteiger partial charge < -0.3 is 15.4 Å². The molecule has 0 aliphatic heterocycles. The van der Waals surface area contributed by atoms with Gasteiger partial charge in [0.1, 0.15) is 18.2 Å². The van der Waals surface area contributed by atoms with Gasteiger partial charge in [0.25, 0.3) is 0 Å². The number of nitrogens with one attached hydrogen (secondary N) is 2. The van der Waals surface area contributed by atoms with Crippen LogP contribution in [0.1, 0.15) is 6.92 Å². The second kappa shape index (κ2) is 6.53. The minimum absolute atomic E-state index is 0.0474. The first-order valence-electron chi connectivity index (χ1n) is 5.18. The zero-order valence-electron chi connectivity index (χ0n) is 9.63. The van der Waals surface area contributed by atoms with Crippen LogP contribution < -0.4 is 10.6 Å². The Morgan fingerprint density at radius 3 is 2.39 bits per heavy atom. The molecule has 0 saturated heterocycles. The number of benzene rings is 1. The molecule has 0 aliphatic rings. The van der Waals surface area contributed by atoms with E-state index >= 15 is 0 Å². The van der Waals surface area contributed by atoms with E-state index in [4.69, 9.17) is 0 Å². The van der Waals surface area contributed by atoms with Gasteiger partial charge in [-0.05, 0) is 19.1 Å². The highest BCUT2D eigenvalue weighted by Crippen LogP contribution is 2.12. The lowest BCUT2D eigenvalue weighted by atomic mass is 10.3. The van der Waals surface area contributed by atoms with E-state index in [0.717, 1.165) is 12.1 Å². The van der Waals surface area contributed by atoms with E-state index in [1.165, 1.54) is 0 Å². The highest BCUT2D eigenvalue weighted by atomic mass is 19.1. The molecule has 0 spiro atoms. The Bertz CT molecular complexity index is 432. The SMILES string of the molecule is CCOC(=O)CNC(=O)Nc1cc(F)cc(F)c1. The predicted octanol–water partition coefficient (Wildman–Crippen LogP) is 1.65. The third kappa shape index (κ3) is 4.77. The fraction of sp³-hybridized carbons (Fsp3) is 0.273. The van der Waals surface area contributed by atoms with Crippen molar-refractivity contribution in [3.8, 4) is 0 Å². The molecular formula is C11H12F2N2O3. The van der Waals surface area contributed by atoms with Crippen molar-refractivity contribution in [1.29, 1.82) is 0 Å². The quantitative estimate of drug-likeness (QED) is 0.807. The third-order valence-corrected chi connectivity index (χ3v) is 1.82. The number of ether oxygens (including phenoxy) is 1. The number of carbonyl (C=O) groups is 2. The fourth-order valence-electron chi connectivity index (χ4n) is 1.17. The van der Waals surface area contributed by atoms with E-state index < -0.39 is 23.6 Å². The van der Waals surface area contributed by atoms with Crippen molar-refractivity contribution in [1.82, 2.24) is 5.32 Å². The monoisotopic (exact) mass is 258 g/mol. The third-order valence-electron chi connectivity index (χ3n) is 1.82. The Kier molecular flexibility index (Phi) is 5.04. The molecule has 0 atom stereocenters. The summed E-state index contributed by atoms with van der Waals surface area (Å²) >= 11 is 0. The van der Waals surface area contributed by atoms with Gasteiger partial charge >= 0.3 is 12.0 Å². The number of halogens is 2. The molecule has 98 valence electrons. The lowest BCUT2D eigenvalue weighted by Gasteiger charge is -2.07. The smallest absolute Gasteiger partial charge is 0.325 e. The second-order valence-corrected chi connectivity index (χ2v) is 3.27. The molecule has 2 N–H and O–H groups in total. The van der Waals surface area contributed by atoms with Crippen molar-refractivity contribution in [3.05, 3.63) is 29.8 Å². The fourth-order valence-corrected chi connectivity index (χ4v) is 1.17. The Labute approximate surface area is 102 Å². The molecular weight excluding hydrogens is 246 g/mol. The predicted molar refractivity (Wildman–Crippen MR) is 60.0 cm³/mol. The number of carbonyl (C=O) groups excluding carboxylic acids is 2. The topological polar surface area (TPSA) is 67.4 Å². The number of amides is 2. The largest absolute Gasteiger partial charge is 0.465 e. The lowest BCUT2D eigenvalue weighted by molar-refractivity contribution is -0.141. The Morgan fingerprint density at radius 2 is 1.83 bits per heavy atom. The molecule has 0 radical (unpaired) electrons. The molecule has 7 heteroatoms. The highest BCUT2D eigenvalue weighted by molar-refractivity contribution is 5.91. The van der Waals surface area contributed by atoms with E-state index in [9.17, 15) is 18.4 Å². The molecule has 0 unspecified atom stereocenters. The van der Waals surface area contributed by atoms with E-state index in [1.807, 2.05) is 0 Å². The number of rotatable bonds is 4. The van der Waals surface area contributed by atoms with E-state index in [1.54, 1.807) is 6.92 Å². The molecule has 0 saturated carbocycles. The van der Waals surface area contributed by atoms with Gasteiger partial charge in [0, 0.05) is 11.8 Å². The Hall–Kier alpha value is -2.18. The van der Waals surface area contributed by atoms with Crippen LogP contribution in [0.25, 0.3) is 0 Å². The van der Waals surface area contributed by atoms with Crippen LogP contribution in [0.5, 0.6) is 0 Å². The maximum absolute atomic E-state index is 12.8. The molecule has 1 rings (SSSR count). The maximum atomic E-state index is 12.8. The first kappa shape index (κ1) is 13.9. The zero-order valence-corrected chi connectivity index (χ0v) is 9.63. The summed E-state index contributed by atoms with van der Waals surface area (Å²) in [7, 11) is 0. The van der Waals surface area contributed by atoms with Crippen molar-refractivity contribution < 1.29 is 23.1 Å². The summed E-state index contributed by atoms with van der Waals surface area (Å²) in [6, 6.07) is 1.83. The first-order valence-corrected chi connectivity index (χ1v) is 5.18. The summed E-state index contributed by atoms with van der Waals surface area (Å²) in [5.74, 6) is -2.22. The number of esters is 1. The summed E-state index contributed by atoms with van der Waals surface area (Å²) in [5.41, 5.74) is -0.0474. The zero-order chi connectivity index (χ0) is 13.5. The van der Waals surface area contributed by atoms with Crippen LogP contribution in [-0.4, -0.2) is 25.2 Å². The standard InChI is InChI=1S/C11H12F2N2O3/c1-2-18-10(16)6-14-11(17)15-9-4-7(12)3-8(13)5-9/h3-5H,2,6H2,1H3,(H2,14,15,17). The Morgan fingerprint density at radius 1 is 1.22 bits per heavy atom. The Balaban J connectivity index is 2.47. The molecule has 5 nitrogen and oxygen atoms in total. The number of anilines is 1. The normalized spacial score (nSPS) is 9.72. The van der Waals surface area contributed by atoms with Gasteiger partial charge in [-0.2, -0.15) is 0 Å². The van der Waals surface area contributed by atoms with Gasteiger partial charge in [0.15, 0.2) is 0 Å². The van der Waals surface area contributed by atoms with Crippen LogP contribution in [0.15, 0.2) is 18.2 Å². The van der Waals surface area contributed by atoms with E-state index in [-0.39, 0.29) is 18.8 Å². The van der Waals surface area contributed by atoms with Gasteiger partial charge in [-0.25, -0.2) is 13.6 Å². The maximum Gasteiger partial charge on any atom is 0.325 e. The highest BCUT2D eigenvalue weighted by Gasteiger charge is 2.07. The van der Waals surface area contributed by atoms with Crippen LogP contribution in [0.2, 0.25) is 0 Å². The van der Waals surface area contributed by atoms with Gasteiger partial charge in [-0.3, -0.25) is 4.79 Å². The molecule has 0 aromatic heterocycles. The van der Waals surface area contributed by atoms with Crippen molar-refractivity contribution >= 4 is 17.7 Å². The van der Waals surface area contributed by atoms with Crippen LogP contribution >= 0.6 is 0 Å². The number of urea groups is 1.